The van der Waals surface area contributed by atoms with Gasteiger partial charge in [-0.3, -0.25) is 0 Å². The normalized spacial score (nSPS) is 10.2. The summed E-state index contributed by atoms with van der Waals surface area (Å²) in [6.07, 6.45) is 0.713. The number of hydrogen-bond donors (Lipinski definition) is 2. The van der Waals surface area contributed by atoms with E-state index >= 15 is 0 Å². The zero-order chi connectivity index (χ0) is 14.5. The summed E-state index contributed by atoms with van der Waals surface area (Å²) in [6.45, 7) is 0.493. The molecule has 0 bridgehead atoms. The molecular weight excluding hydrogens is 262 g/mol. The fourth-order valence-corrected chi connectivity index (χ4v) is 1.72. The molecule has 1 aromatic heterocycles. The molecule has 0 aliphatic heterocycles. The van der Waals surface area contributed by atoms with E-state index in [1.165, 1.54) is 13.4 Å². The van der Waals surface area contributed by atoms with Gasteiger partial charge in [0.05, 0.1) is 24.9 Å². The first kappa shape index (κ1) is 13.7. The number of methoxy groups -OCH3 is 1. The van der Waals surface area contributed by atoms with Crippen LogP contribution in [-0.2, 0) is 11.3 Å². The molecule has 20 heavy (non-hydrogen) atoms. The molecule has 0 aliphatic carbocycles. The monoisotopic (exact) mass is 277 g/mol. The fourth-order valence-electron chi connectivity index (χ4n) is 1.72. The molecule has 0 spiro atoms. The van der Waals surface area contributed by atoms with Gasteiger partial charge in [-0.1, -0.05) is 6.07 Å². The van der Waals surface area contributed by atoms with Gasteiger partial charge in [-0.2, -0.15) is 5.10 Å². The molecule has 0 aliphatic rings. The van der Waals surface area contributed by atoms with Crippen molar-refractivity contribution in [1.82, 2.24) is 14.8 Å². The average Bonchev–Trinajstić information content (AvgIpc) is 2.86. The van der Waals surface area contributed by atoms with Crippen LogP contribution in [0.3, 0.4) is 0 Å². The second-order valence-electron chi connectivity index (χ2n) is 3.93. The van der Waals surface area contributed by atoms with Gasteiger partial charge in [0.2, 0.25) is 0 Å². The lowest BCUT2D eigenvalue weighted by Crippen LogP contribution is -2.16. The number of hydrogen-bond acceptors (Lipinski definition) is 6. The molecule has 1 heterocycles. The fraction of sp³-hybridized carbons (Fsp3) is 0.250. The van der Waals surface area contributed by atoms with Gasteiger partial charge < -0.3 is 20.9 Å². The van der Waals surface area contributed by atoms with Crippen molar-refractivity contribution < 1.29 is 14.3 Å². The summed E-state index contributed by atoms with van der Waals surface area (Å²) in [6, 6.07) is 5.35. The highest BCUT2D eigenvalue weighted by Crippen LogP contribution is 2.32. The number of aromatic nitrogens is 3. The van der Waals surface area contributed by atoms with Crippen LogP contribution in [0.25, 0.3) is 11.4 Å². The van der Waals surface area contributed by atoms with Gasteiger partial charge in [0, 0.05) is 0 Å². The van der Waals surface area contributed by atoms with Gasteiger partial charge in [-0.25, -0.2) is 14.5 Å². The minimum absolute atomic E-state index is 0.131. The number of benzene rings is 1. The first-order valence-electron chi connectivity index (χ1n) is 5.86. The maximum absolute atomic E-state index is 10.5. The number of para-hydroxylation sites is 1. The lowest BCUT2D eigenvalue weighted by atomic mass is 10.1. The Hall–Kier alpha value is -2.77. The summed E-state index contributed by atoms with van der Waals surface area (Å²) in [5.41, 5.74) is 11.9. The van der Waals surface area contributed by atoms with Crippen LogP contribution in [0.4, 0.5) is 10.5 Å². The zero-order valence-corrected chi connectivity index (χ0v) is 10.9. The van der Waals surface area contributed by atoms with E-state index in [4.69, 9.17) is 16.2 Å². The first-order chi connectivity index (χ1) is 9.61. The van der Waals surface area contributed by atoms with Crippen LogP contribution in [0.2, 0.25) is 0 Å². The van der Waals surface area contributed by atoms with E-state index in [1.54, 1.807) is 16.8 Å². The number of nitrogen functional groups attached to an aromatic ring is 1. The highest BCUT2D eigenvalue weighted by Gasteiger charge is 2.12. The molecule has 0 saturated heterocycles. The summed E-state index contributed by atoms with van der Waals surface area (Å²) in [4.78, 5) is 14.6. The third-order valence-corrected chi connectivity index (χ3v) is 2.59. The van der Waals surface area contributed by atoms with E-state index < -0.39 is 6.09 Å². The summed E-state index contributed by atoms with van der Waals surface area (Å²) in [5.74, 6) is 1.01. The van der Waals surface area contributed by atoms with E-state index in [9.17, 15) is 4.79 Å². The number of amides is 1. The average molecular weight is 277 g/mol. The van der Waals surface area contributed by atoms with Crippen molar-refractivity contribution in [1.29, 1.82) is 0 Å². The molecule has 1 amide bonds. The summed E-state index contributed by atoms with van der Waals surface area (Å²) >= 11 is 0. The van der Waals surface area contributed by atoms with Gasteiger partial charge in [-0.15, -0.1) is 0 Å². The lowest BCUT2D eigenvalue weighted by molar-refractivity contribution is 0.151. The molecule has 4 N–H and O–H groups in total. The van der Waals surface area contributed by atoms with Crippen LogP contribution in [0.5, 0.6) is 5.75 Å². The van der Waals surface area contributed by atoms with Crippen molar-refractivity contribution in [3.05, 3.63) is 24.5 Å². The largest absolute Gasteiger partial charge is 0.494 e. The van der Waals surface area contributed by atoms with Crippen LogP contribution in [0.1, 0.15) is 0 Å². The van der Waals surface area contributed by atoms with Crippen molar-refractivity contribution in [2.75, 3.05) is 19.5 Å². The van der Waals surface area contributed by atoms with E-state index in [1.807, 2.05) is 6.07 Å². The molecule has 0 radical (unpaired) electrons. The third-order valence-electron chi connectivity index (χ3n) is 2.59. The highest BCUT2D eigenvalue weighted by molar-refractivity contribution is 5.72. The number of nitrogens with zero attached hydrogens (tertiary/aromatic N) is 3. The summed E-state index contributed by atoms with van der Waals surface area (Å²) in [5, 5.41) is 4.26. The molecular formula is C12H15N5O3. The molecule has 0 atom stereocenters. The topological polar surface area (TPSA) is 118 Å². The molecule has 0 unspecified atom stereocenters. The number of rotatable bonds is 5. The quantitative estimate of drug-likeness (QED) is 0.774. The van der Waals surface area contributed by atoms with Gasteiger partial charge in [0.1, 0.15) is 12.9 Å². The van der Waals surface area contributed by atoms with Crippen LogP contribution >= 0.6 is 0 Å². The van der Waals surface area contributed by atoms with Crippen LogP contribution in [0, 0.1) is 0 Å². The highest BCUT2D eigenvalue weighted by atomic mass is 16.5. The third kappa shape index (κ3) is 2.97. The van der Waals surface area contributed by atoms with Crippen molar-refractivity contribution in [3.63, 3.8) is 0 Å². The standard InChI is InChI=1S/C12H15N5O3/c1-19-10-8(3-2-4-9(10)13)11-15-7-17(16-11)5-6-20-12(14)18/h2-4,7H,5-6,13H2,1H3,(H2,14,18). The van der Waals surface area contributed by atoms with E-state index in [2.05, 4.69) is 14.8 Å². The zero-order valence-electron chi connectivity index (χ0n) is 10.9. The van der Waals surface area contributed by atoms with Gasteiger partial charge in [0.15, 0.2) is 11.6 Å². The maximum atomic E-state index is 10.5. The molecule has 0 saturated carbocycles. The minimum atomic E-state index is -0.817. The Morgan fingerprint density at radius 2 is 2.25 bits per heavy atom. The molecule has 8 nitrogen and oxygen atoms in total. The van der Waals surface area contributed by atoms with Crippen LogP contribution in [-0.4, -0.2) is 34.6 Å². The molecule has 0 fully saturated rings. The van der Waals surface area contributed by atoms with E-state index in [0.29, 0.717) is 29.4 Å². The Morgan fingerprint density at radius 1 is 1.45 bits per heavy atom. The minimum Gasteiger partial charge on any atom is -0.494 e. The van der Waals surface area contributed by atoms with E-state index in [0.717, 1.165) is 0 Å². The van der Waals surface area contributed by atoms with Gasteiger partial charge in [0.25, 0.3) is 0 Å². The van der Waals surface area contributed by atoms with Gasteiger partial charge >= 0.3 is 6.09 Å². The van der Waals surface area contributed by atoms with Crippen LogP contribution < -0.4 is 16.2 Å². The number of anilines is 1. The Kier molecular flexibility index (Phi) is 4.04. The SMILES string of the molecule is COc1c(N)cccc1-c1ncn(CCOC(N)=O)n1. The van der Waals surface area contributed by atoms with Gasteiger partial charge in [-0.05, 0) is 12.1 Å². The molecule has 106 valence electrons. The van der Waals surface area contributed by atoms with Crippen LogP contribution in [0.15, 0.2) is 24.5 Å². The second kappa shape index (κ2) is 5.91. The Labute approximate surface area is 115 Å². The number of carbonyl (C=O) groups is 1. The first-order valence-corrected chi connectivity index (χ1v) is 5.86. The summed E-state index contributed by atoms with van der Waals surface area (Å²) in [7, 11) is 1.53. The summed E-state index contributed by atoms with van der Waals surface area (Å²) < 4.78 is 11.4. The predicted molar refractivity (Wildman–Crippen MR) is 72.0 cm³/mol. The van der Waals surface area contributed by atoms with E-state index in [-0.39, 0.29) is 6.61 Å². The van der Waals surface area contributed by atoms with Crippen molar-refractivity contribution in [2.24, 2.45) is 5.73 Å². The Balaban J connectivity index is 2.16. The predicted octanol–water partition coefficient (Wildman–Crippen LogP) is 0.631. The molecule has 2 aromatic rings. The van der Waals surface area contributed by atoms with Crippen molar-refractivity contribution in [3.8, 4) is 17.1 Å². The second-order valence-corrected chi connectivity index (χ2v) is 3.93. The Morgan fingerprint density at radius 3 is 2.95 bits per heavy atom. The molecule has 2 rings (SSSR count). The number of primary amides is 1. The number of nitrogens with two attached hydrogens (primary N) is 2. The Bertz CT molecular complexity index is 611. The molecule has 1 aromatic carbocycles. The number of carbonyl (C=O) groups excluding carboxylic acids is 1. The van der Waals surface area contributed by atoms with Crippen molar-refractivity contribution >= 4 is 11.8 Å². The maximum Gasteiger partial charge on any atom is 0.404 e. The number of ether oxygens (including phenoxy) is 2. The van der Waals surface area contributed by atoms with Crippen molar-refractivity contribution in [2.45, 2.75) is 6.54 Å². The lowest BCUT2D eigenvalue weighted by Gasteiger charge is -2.07. The smallest absolute Gasteiger partial charge is 0.404 e. The molecule has 8 heteroatoms.